The first kappa shape index (κ1) is 14.0. The zero-order chi connectivity index (χ0) is 14.1. The summed E-state index contributed by atoms with van der Waals surface area (Å²) >= 11 is 11.4. The Labute approximate surface area is 128 Å². The SMILES string of the molecule is CCN1CCC(Cn2c(=S)[nH]c3cc(Cl)cnc32)CC1. The molecule has 0 bridgehead atoms. The largest absolute Gasteiger partial charge is 0.329 e. The van der Waals surface area contributed by atoms with Crippen LogP contribution in [0.15, 0.2) is 12.3 Å². The van der Waals surface area contributed by atoms with Gasteiger partial charge in [0.2, 0.25) is 0 Å². The summed E-state index contributed by atoms with van der Waals surface area (Å²) in [6.07, 6.45) is 4.15. The fourth-order valence-electron chi connectivity index (χ4n) is 2.93. The molecule has 0 aromatic carbocycles. The highest BCUT2D eigenvalue weighted by Gasteiger charge is 2.19. The van der Waals surface area contributed by atoms with E-state index in [2.05, 4.69) is 26.4 Å². The van der Waals surface area contributed by atoms with Crippen molar-refractivity contribution >= 4 is 35.0 Å². The van der Waals surface area contributed by atoms with E-state index in [0.717, 1.165) is 29.0 Å². The van der Waals surface area contributed by atoms with Gasteiger partial charge in [-0.2, -0.15) is 0 Å². The van der Waals surface area contributed by atoms with Gasteiger partial charge < -0.3 is 14.5 Å². The minimum Gasteiger partial charge on any atom is -0.329 e. The molecule has 1 N–H and O–H groups in total. The number of imidazole rings is 1. The maximum Gasteiger partial charge on any atom is 0.179 e. The van der Waals surface area contributed by atoms with Crippen molar-refractivity contribution in [1.82, 2.24) is 19.4 Å². The third-order valence-corrected chi connectivity index (χ3v) is 4.70. The molecule has 1 aliphatic rings. The molecule has 108 valence electrons. The van der Waals surface area contributed by atoms with Crippen molar-refractivity contribution in [3.8, 4) is 0 Å². The first-order valence-corrected chi connectivity index (χ1v) is 7.92. The average molecular weight is 311 g/mol. The molecule has 0 unspecified atom stereocenters. The number of nitrogens with one attached hydrogen (secondary N) is 1. The van der Waals surface area contributed by atoms with Crippen LogP contribution < -0.4 is 0 Å². The summed E-state index contributed by atoms with van der Waals surface area (Å²) in [7, 11) is 0. The van der Waals surface area contributed by atoms with E-state index >= 15 is 0 Å². The first-order valence-electron chi connectivity index (χ1n) is 7.13. The third kappa shape index (κ3) is 2.75. The number of aromatic nitrogens is 3. The number of rotatable bonds is 3. The van der Waals surface area contributed by atoms with Crippen LogP contribution in [0.4, 0.5) is 0 Å². The molecule has 1 fully saturated rings. The van der Waals surface area contributed by atoms with Gasteiger partial charge in [0.15, 0.2) is 10.4 Å². The minimum absolute atomic E-state index is 0.636. The van der Waals surface area contributed by atoms with Gasteiger partial charge in [-0.3, -0.25) is 0 Å². The van der Waals surface area contributed by atoms with Crippen molar-refractivity contribution in [2.24, 2.45) is 5.92 Å². The molecule has 2 aromatic rings. The number of H-pyrrole nitrogens is 1. The molecular weight excluding hydrogens is 292 g/mol. The van der Waals surface area contributed by atoms with E-state index in [1.54, 1.807) is 6.20 Å². The highest BCUT2D eigenvalue weighted by atomic mass is 35.5. The third-order valence-electron chi connectivity index (χ3n) is 4.17. The van der Waals surface area contributed by atoms with Crippen molar-refractivity contribution in [1.29, 1.82) is 0 Å². The molecule has 0 spiro atoms. The monoisotopic (exact) mass is 310 g/mol. The van der Waals surface area contributed by atoms with Crippen molar-refractivity contribution in [3.05, 3.63) is 22.1 Å². The summed E-state index contributed by atoms with van der Waals surface area (Å²) < 4.78 is 2.86. The Kier molecular flexibility index (Phi) is 4.10. The topological polar surface area (TPSA) is 36.9 Å². The quantitative estimate of drug-likeness (QED) is 0.882. The Morgan fingerprint density at radius 1 is 1.45 bits per heavy atom. The molecule has 0 amide bonds. The molecule has 3 rings (SSSR count). The fraction of sp³-hybridized carbons (Fsp3) is 0.571. The first-order chi connectivity index (χ1) is 9.67. The van der Waals surface area contributed by atoms with E-state index in [-0.39, 0.29) is 0 Å². The molecule has 0 saturated carbocycles. The Morgan fingerprint density at radius 3 is 2.90 bits per heavy atom. The van der Waals surface area contributed by atoms with Crippen molar-refractivity contribution in [2.75, 3.05) is 19.6 Å². The standard InChI is InChI=1S/C14H19ClN4S/c1-2-18-5-3-10(4-6-18)9-19-13-12(17-14(19)20)7-11(15)8-16-13/h7-8,10H,2-6,9H2,1H3,(H,17,20). The molecule has 1 saturated heterocycles. The zero-order valence-electron chi connectivity index (χ0n) is 11.6. The summed E-state index contributed by atoms with van der Waals surface area (Å²) in [5.74, 6) is 0.681. The van der Waals surface area contributed by atoms with Crippen molar-refractivity contribution in [2.45, 2.75) is 26.3 Å². The number of likely N-dealkylation sites (tertiary alicyclic amines) is 1. The number of hydrogen-bond acceptors (Lipinski definition) is 3. The van der Waals surface area contributed by atoms with Crippen LogP contribution in [0.25, 0.3) is 11.2 Å². The van der Waals surface area contributed by atoms with Crippen LogP contribution in [0.2, 0.25) is 5.02 Å². The van der Waals surface area contributed by atoms with E-state index in [1.165, 1.54) is 25.9 Å². The smallest absolute Gasteiger partial charge is 0.179 e. The number of aromatic amines is 1. The predicted octanol–water partition coefficient (Wildman–Crippen LogP) is 3.48. The van der Waals surface area contributed by atoms with E-state index < -0.39 is 0 Å². The summed E-state index contributed by atoms with van der Waals surface area (Å²) in [4.78, 5) is 10.1. The second kappa shape index (κ2) is 5.84. The number of hydrogen-bond donors (Lipinski definition) is 1. The minimum atomic E-state index is 0.636. The fourth-order valence-corrected chi connectivity index (χ4v) is 3.36. The second-order valence-electron chi connectivity index (χ2n) is 5.44. The van der Waals surface area contributed by atoms with Gasteiger partial charge >= 0.3 is 0 Å². The normalized spacial score (nSPS) is 17.9. The number of piperidine rings is 1. The molecule has 0 aliphatic carbocycles. The van der Waals surface area contributed by atoms with Crippen LogP contribution in [0.1, 0.15) is 19.8 Å². The van der Waals surface area contributed by atoms with Gasteiger partial charge in [0.05, 0.1) is 10.5 Å². The van der Waals surface area contributed by atoms with Crippen LogP contribution in [-0.4, -0.2) is 39.1 Å². The lowest BCUT2D eigenvalue weighted by atomic mass is 9.97. The Hall–Kier alpha value is -0.910. The molecule has 0 radical (unpaired) electrons. The van der Waals surface area contributed by atoms with Crippen molar-refractivity contribution in [3.63, 3.8) is 0 Å². The number of halogens is 1. The van der Waals surface area contributed by atoms with Gasteiger partial charge in [-0.25, -0.2) is 4.98 Å². The summed E-state index contributed by atoms with van der Waals surface area (Å²) in [6, 6.07) is 1.88. The van der Waals surface area contributed by atoms with E-state index in [4.69, 9.17) is 23.8 Å². The van der Waals surface area contributed by atoms with Gasteiger partial charge in [0, 0.05) is 12.7 Å². The molecule has 20 heavy (non-hydrogen) atoms. The summed E-state index contributed by atoms with van der Waals surface area (Å²) in [6.45, 7) is 6.71. The Balaban J connectivity index is 1.81. The number of pyridine rings is 1. The van der Waals surface area contributed by atoms with Crippen LogP contribution in [0, 0.1) is 10.7 Å². The van der Waals surface area contributed by atoms with Gasteiger partial charge in [-0.1, -0.05) is 18.5 Å². The second-order valence-corrected chi connectivity index (χ2v) is 6.27. The lowest BCUT2D eigenvalue weighted by Gasteiger charge is -2.31. The maximum atomic E-state index is 5.97. The van der Waals surface area contributed by atoms with Gasteiger partial charge in [-0.05, 0) is 56.7 Å². The highest BCUT2D eigenvalue weighted by molar-refractivity contribution is 7.71. The Morgan fingerprint density at radius 2 is 2.20 bits per heavy atom. The molecule has 3 heterocycles. The predicted molar refractivity (Wildman–Crippen MR) is 84.8 cm³/mol. The van der Waals surface area contributed by atoms with Crippen molar-refractivity contribution < 1.29 is 0 Å². The van der Waals surface area contributed by atoms with Crippen LogP contribution >= 0.6 is 23.8 Å². The van der Waals surface area contributed by atoms with Crippen LogP contribution in [-0.2, 0) is 6.54 Å². The van der Waals surface area contributed by atoms with Gasteiger partial charge in [0.1, 0.15) is 0 Å². The van der Waals surface area contributed by atoms with E-state index in [0.29, 0.717) is 10.9 Å². The van der Waals surface area contributed by atoms with E-state index in [1.807, 2.05) is 6.07 Å². The van der Waals surface area contributed by atoms with Crippen LogP contribution in [0.3, 0.4) is 0 Å². The molecular formula is C14H19ClN4S. The molecule has 4 nitrogen and oxygen atoms in total. The lowest BCUT2D eigenvalue weighted by Crippen LogP contribution is -2.34. The molecule has 2 aromatic heterocycles. The molecule has 6 heteroatoms. The molecule has 1 aliphatic heterocycles. The maximum absolute atomic E-state index is 5.97. The van der Waals surface area contributed by atoms with Gasteiger partial charge in [-0.15, -0.1) is 0 Å². The Bertz CT molecular complexity index is 655. The summed E-state index contributed by atoms with van der Waals surface area (Å²) in [5, 5.41) is 0.636. The highest BCUT2D eigenvalue weighted by Crippen LogP contribution is 2.22. The zero-order valence-corrected chi connectivity index (χ0v) is 13.2. The summed E-state index contributed by atoms with van der Waals surface area (Å²) in [5.41, 5.74) is 1.84. The van der Waals surface area contributed by atoms with Gasteiger partial charge in [0.25, 0.3) is 0 Å². The number of nitrogens with zero attached hydrogens (tertiary/aromatic N) is 3. The van der Waals surface area contributed by atoms with E-state index in [9.17, 15) is 0 Å². The average Bonchev–Trinajstić information content (AvgIpc) is 2.75. The lowest BCUT2D eigenvalue weighted by molar-refractivity contribution is 0.181. The molecule has 0 atom stereocenters. The van der Waals surface area contributed by atoms with Crippen LogP contribution in [0.5, 0.6) is 0 Å². The number of fused-ring (bicyclic) bond motifs is 1.